The van der Waals surface area contributed by atoms with Crippen LogP contribution in [0.4, 0.5) is 0 Å². The average Bonchev–Trinajstić information content (AvgIpc) is 0.792. The first-order valence-corrected chi connectivity index (χ1v) is 41.4. The topological polar surface area (TPSA) is 307 Å². The maximum atomic E-state index is 13.5. The first-order chi connectivity index (χ1) is 49.3. The van der Waals surface area contributed by atoms with Crippen LogP contribution in [0.3, 0.4) is 0 Å². The van der Waals surface area contributed by atoms with Crippen molar-refractivity contribution < 1.29 is 89.4 Å². The monoisotopic (exact) mass is 1440 g/mol. The number of carbonyl (C=O) groups excluding carboxylic acids is 1. The molecular weight excluding hydrogens is 1290 g/mol. The molecule has 0 aromatic heterocycles. The van der Waals surface area contributed by atoms with Crippen LogP contribution in [0, 0.1) is 0 Å². The van der Waals surface area contributed by atoms with Gasteiger partial charge in [-0.05, 0) is 51.4 Å². The summed E-state index contributed by atoms with van der Waals surface area (Å²) in [7, 11) is 0. The summed E-state index contributed by atoms with van der Waals surface area (Å²) in [6, 6.07) is -0.886. The molecule has 0 spiro atoms. The standard InChI is InChI=1S/C82H151NO18/c1-3-5-7-9-11-13-15-17-19-21-22-23-24-25-26-27-28-29-30-31-32-33-34-35-36-37-38-39-40-41-42-44-46-48-50-52-54-56-58-60-70(88)83-65(66(87)59-57-55-53-51-49-47-45-43-20-18-16-14-12-10-8-6-4-2)64-96-80-76(94)73(91)78(68(62-85)98-80)101-82-77(95)74(92)79(69(63-86)99-82)100-81-75(93)72(90)71(89)67(61-84)97-81/h5,7,11,13,17,19,22-23,65-69,71-82,84-87,89-95H,3-4,6,8-10,12,14-16,18,20-21,24-64H2,1-2H3,(H,83,88)/b7-5-,13-11-,19-17-,23-22-. The number of unbranched alkanes of at least 4 members (excludes halogenated alkanes) is 42. The van der Waals surface area contributed by atoms with Crippen LogP contribution in [0.5, 0.6) is 0 Å². The van der Waals surface area contributed by atoms with Gasteiger partial charge in [-0.2, -0.15) is 0 Å². The quantitative estimate of drug-likeness (QED) is 0.0199. The van der Waals surface area contributed by atoms with E-state index in [-0.39, 0.29) is 18.9 Å². The van der Waals surface area contributed by atoms with Gasteiger partial charge in [0.15, 0.2) is 18.9 Å². The van der Waals surface area contributed by atoms with Crippen molar-refractivity contribution in [2.75, 3.05) is 26.4 Å². The predicted molar refractivity (Wildman–Crippen MR) is 402 cm³/mol. The molecule has 0 aromatic carbocycles. The third-order valence-corrected chi connectivity index (χ3v) is 20.7. The second kappa shape index (κ2) is 62.8. The molecule has 17 unspecified atom stereocenters. The van der Waals surface area contributed by atoms with E-state index in [4.69, 9.17) is 28.4 Å². The number of hydrogen-bond donors (Lipinski definition) is 12. The molecule has 592 valence electrons. The molecule has 19 nitrogen and oxygen atoms in total. The summed E-state index contributed by atoms with van der Waals surface area (Å²) in [6.07, 6.45) is 52.2. The lowest BCUT2D eigenvalue weighted by Gasteiger charge is -2.48. The summed E-state index contributed by atoms with van der Waals surface area (Å²) in [5.74, 6) is -0.236. The number of carbonyl (C=O) groups is 1. The SMILES string of the molecule is CC/C=C\C/C=C\C/C=C\C/C=C\CCCCCCCCCCCCCCCCCCCCCCCCCCCCC(=O)NC(COC1OC(CO)C(OC2OC(CO)C(OC3OC(CO)C(O)C(O)C3O)C(O)C2O)C(O)C1O)C(O)CCCCCCCCCCCCCCCCCCC. The van der Waals surface area contributed by atoms with E-state index < -0.39 is 124 Å². The highest BCUT2D eigenvalue weighted by atomic mass is 16.8. The zero-order chi connectivity index (χ0) is 73.2. The van der Waals surface area contributed by atoms with E-state index in [0.717, 1.165) is 70.6 Å². The fraction of sp³-hybridized carbons (Fsp3) is 0.890. The van der Waals surface area contributed by atoms with E-state index in [1.807, 2.05) is 0 Å². The molecule has 3 heterocycles. The van der Waals surface area contributed by atoms with Crippen molar-refractivity contribution in [3.05, 3.63) is 48.6 Å². The van der Waals surface area contributed by atoms with Gasteiger partial charge in [-0.3, -0.25) is 4.79 Å². The van der Waals surface area contributed by atoms with Gasteiger partial charge in [0.1, 0.15) is 73.2 Å². The first-order valence-electron chi connectivity index (χ1n) is 41.4. The van der Waals surface area contributed by atoms with Crippen LogP contribution in [0.2, 0.25) is 0 Å². The van der Waals surface area contributed by atoms with Crippen LogP contribution in [-0.4, -0.2) is 193 Å². The lowest BCUT2D eigenvalue weighted by atomic mass is 9.96. The lowest BCUT2D eigenvalue weighted by Crippen LogP contribution is -2.66. The maximum absolute atomic E-state index is 13.5. The van der Waals surface area contributed by atoms with Crippen LogP contribution in [0.1, 0.15) is 335 Å². The maximum Gasteiger partial charge on any atom is 0.220 e. The summed E-state index contributed by atoms with van der Waals surface area (Å²) in [5, 5.41) is 121. The molecule has 3 aliphatic heterocycles. The second-order valence-corrected chi connectivity index (χ2v) is 29.6. The highest BCUT2D eigenvalue weighted by molar-refractivity contribution is 5.76. The van der Waals surface area contributed by atoms with Gasteiger partial charge < -0.3 is 89.9 Å². The first kappa shape index (κ1) is 93.0. The normalized spacial score (nSPS) is 26.5. The van der Waals surface area contributed by atoms with Crippen LogP contribution >= 0.6 is 0 Å². The molecule has 3 rings (SSSR count). The van der Waals surface area contributed by atoms with Gasteiger partial charge in [0, 0.05) is 6.42 Å². The molecule has 101 heavy (non-hydrogen) atoms. The molecule has 3 aliphatic rings. The Labute approximate surface area is 612 Å². The Hall–Kier alpha value is -2.25. The fourth-order valence-electron chi connectivity index (χ4n) is 14.1. The highest BCUT2D eigenvalue weighted by Crippen LogP contribution is 2.33. The summed E-state index contributed by atoms with van der Waals surface area (Å²) in [6.45, 7) is 1.73. The van der Waals surface area contributed by atoms with Gasteiger partial charge >= 0.3 is 0 Å². The third kappa shape index (κ3) is 42.8. The molecule has 0 aliphatic carbocycles. The molecule has 3 fully saturated rings. The smallest absolute Gasteiger partial charge is 0.220 e. The number of hydrogen-bond acceptors (Lipinski definition) is 18. The van der Waals surface area contributed by atoms with Gasteiger partial charge in [-0.15, -0.1) is 0 Å². The molecule has 0 radical (unpaired) electrons. The Morgan fingerprint density at radius 2 is 0.683 bits per heavy atom. The molecule has 0 bridgehead atoms. The molecule has 3 saturated heterocycles. The number of aliphatic hydroxyl groups excluding tert-OH is 11. The van der Waals surface area contributed by atoms with E-state index in [9.17, 15) is 61.0 Å². The number of aliphatic hydroxyl groups is 11. The van der Waals surface area contributed by atoms with E-state index in [1.54, 1.807) is 0 Å². The Balaban J connectivity index is 1.29. The van der Waals surface area contributed by atoms with E-state index >= 15 is 0 Å². The summed E-state index contributed by atoms with van der Waals surface area (Å²) in [4.78, 5) is 13.5. The minimum atomic E-state index is -1.97. The molecule has 0 aromatic rings. The van der Waals surface area contributed by atoms with Gasteiger partial charge in [0.2, 0.25) is 5.91 Å². The van der Waals surface area contributed by atoms with Gasteiger partial charge in [0.05, 0.1) is 38.6 Å². The number of nitrogens with one attached hydrogen (secondary N) is 1. The third-order valence-electron chi connectivity index (χ3n) is 20.7. The van der Waals surface area contributed by atoms with Gasteiger partial charge in [0.25, 0.3) is 0 Å². The number of ether oxygens (including phenoxy) is 6. The molecular formula is C82H151NO18. The zero-order valence-electron chi connectivity index (χ0n) is 63.4. The van der Waals surface area contributed by atoms with Crippen molar-refractivity contribution in [2.24, 2.45) is 0 Å². The largest absolute Gasteiger partial charge is 0.394 e. The Morgan fingerprint density at radius 1 is 0.366 bits per heavy atom. The van der Waals surface area contributed by atoms with Crippen molar-refractivity contribution in [3.8, 4) is 0 Å². The van der Waals surface area contributed by atoms with Crippen LogP contribution in [0.15, 0.2) is 48.6 Å². The van der Waals surface area contributed by atoms with Gasteiger partial charge in [-0.25, -0.2) is 0 Å². The molecule has 12 N–H and O–H groups in total. The van der Waals surface area contributed by atoms with Gasteiger partial charge in [-0.1, -0.05) is 326 Å². The second-order valence-electron chi connectivity index (χ2n) is 29.6. The van der Waals surface area contributed by atoms with E-state index in [2.05, 4.69) is 67.8 Å². The zero-order valence-corrected chi connectivity index (χ0v) is 63.4. The minimum absolute atomic E-state index is 0.236. The number of amides is 1. The Bertz CT molecular complexity index is 2010. The number of rotatable bonds is 66. The summed E-state index contributed by atoms with van der Waals surface area (Å²) in [5.41, 5.74) is 0. The average molecular weight is 1440 g/mol. The van der Waals surface area contributed by atoms with Crippen molar-refractivity contribution in [1.82, 2.24) is 5.32 Å². The molecule has 0 saturated carbocycles. The van der Waals surface area contributed by atoms with Crippen LogP contribution in [-0.2, 0) is 33.2 Å². The fourth-order valence-corrected chi connectivity index (χ4v) is 14.1. The minimum Gasteiger partial charge on any atom is -0.394 e. The van der Waals surface area contributed by atoms with Crippen LogP contribution < -0.4 is 5.32 Å². The van der Waals surface area contributed by atoms with E-state index in [0.29, 0.717) is 12.8 Å². The van der Waals surface area contributed by atoms with Crippen molar-refractivity contribution in [2.45, 2.75) is 439 Å². The molecule has 1 amide bonds. The van der Waals surface area contributed by atoms with Crippen molar-refractivity contribution >= 4 is 5.91 Å². The Kier molecular flexibility index (Phi) is 57.8. The summed E-state index contributed by atoms with van der Waals surface area (Å²) >= 11 is 0. The molecule has 19 heteroatoms. The summed E-state index contributed by atoms with van der Waals surface area (Å²) < 4.78 is 34.5. The van der Waals surface area contributed by atoms with Crippen molar-refractivity contribution in [3.63, 3.8) is 0 Å². The lowest BCUT2D eigenvalue weighted by molar-refractivity contribution is -0.379. The Morgan fingerprint density at radius 3 is 1.07 bits per heavy atom. The molecule has 17 atom stereocenters. The number of allylic oxidation sites excluding steroid dienone is 8. The highest BCUT2D eigenvalue weighted by Gasteiger charge is 2.54. The van der Waals surface area contributed by atoms with Crippen LogP contribution in [0.25, 0.3) is 0 Å². The predicted octanol–water partition coefficient (Wildman–Crippen LogP) is 14.1. The van der Waals surface area contributed by atoms with E-state index in [1.165, 1.54) is 231 Å². The van der Waals surface area contributed by atoms with Crippen molar-refractivity contribution in [1.29, 1.82) is 0 Å².